The standard InChI is InChI=1S/C19H28N2O3S/c1-2-3-4-9-19(22)21-14-7-8-16-15-17(10-11-18(16)21)25(23,24)20-12-5-6-13-20/h10-11,15H,2-9,12-14H2,1H3. The third-order valence-corrected chi connectivity index (χ3v) is 7.06. The molecule has 0 bridgehead atoms. The van der Waals surface area contributed by atoms with E-state index in [0.717, 1.165) is 62.7 Å². The minimum Gasteiger partial charge on any atom is -0.312 e. The molecule has 1 fully saturated rings. The van der Waals surface area contributed by atoms with Crippen LogP contribution >= 0.6 is 0 Å². The zero-order chi connectivity index (χ0) is 17.9. The van der Waals surface area contributed by atoms with Crippen molar-refractivity contribution >= 4 is 21.6 Å². The molecule has 1 aromatic carbocycles. The Hall–Kier alpha value is -1.40. The van der Waals surface area contributed by atoms with Gasteiger partial charge < -0.3 is 4.90 Å². The fourth-order valence-corrected chi connectivity index (χ4v) is 5.30. The quantitative estimate of drug-likeness (QED) is 0.728. The normalized spacial score (nSPS) is 18.4. The molecular weight excluding hydrogens is 336 g/mol. The Morgan fingerprint density at radius 1 is 1.08 bits per heavy atom. The van der Waals surface area contributed by atoms with Gasteiger partial charge in [-0.2, -0.15) is 4.31 Å². The molecule has 0 unspecified atom stereocenters. The largest absolute Gasteiger partial charge is 0.312 e. The summed E-state index contributed by atoms with van der Waals surface area (Å²) >= 11 is 0. The van der Waals surface area contributed by atoms with Crippen LogP contribution in [0.25, 0.3) is 0 Å². The lowest BCUT2D eigenvalue weighted by Gasteiger charge is -2.30. The number of carbonyl (C=O) groups is 1. The van der Waals surface area contributed by atoms with Crippen molar-refractivity contribution in [3.05, 3.63) is 23.8 Å². The lowest BCUT2D eigenvalue weighted by Crippen LogP contribution is -2.35. The summed E-state index contributed by atoms with van der Waals surface area (Å²) in [5.41, 5.74) is 1.88. The van der Waals surface area contributed by atoms with Crippen LogP contribution in [-0.2, 0) is 21.2 Å². The summed E-state index contributed by atoms with van der Waals surface area (Å²) in [5, 5.41) is 0. The van der Waals surface area contributed by atoms with E-state index in [2.05, 4.69) is 6.92 Å². The van der Waals surface area contributed by atoms with Crippen molar-refractivity contribution in [3.8, 4) is 0 Å². The zero-order valence-corrected chi connectivity index (χ0v) is 15.9. The van der Waals surface area contributed by atoms with Gasteiger partial charge in [0.25, 0.3) is 0 Å². The van der Waals surface area contributed by atoms with Crippen molar-refractivity contribution in [3.63, 3.8) is 0 Å². The summed E-state index contributed by atoms with van der Waals surface area (Å²) in [7, 11) is -3.40. The Balaban J connectivity index is 1.81. The van der Waals surface area contributed by atoms with Crippen LogP contribution in [0, 0.1) is 0 Å². The number of hydrogen-bond acceptors (Lipinski definition) is 3. The number of amides is 1. The summed E-state index contributed by atoms with van der Waals surface area (Å²) in [6.45, 7) is 4.09. The summed E-state index contributed by atoms with van der Waals surface area (Å²) in [4.78, 5) is 14.7. The van der Waals surface area contributed by atoms with E-state index in [1.54, 1.807) is 16.4 Å². The number of benzene rings is 1. The van der Waals surface area contributed by atoms with E-state index < -0.39 is 10.0 Å². The maximum Gasteiger partial charge on any atom is 0.243 e. The van der Waals surface area contributed by atoms with Gasteiger partial charge in [0.1, 0.15) is 0 Å². The summed E-state index contributed by atoms with van der Waals surface area (Å²) in [6, 6.07) is 5.29. The van der Waals surface area contributed by atoms with E-state index in [0.29, 0.717) is 24.4 Å². The second-order valence-electron chi connectivity index (χ2n) is 7.01. The fourth-order valence-electron chi connectivity index (χ4n) is 3.73. The minimum atomic E-state index is -3.40. The maximum absolute atomic E-state index is 12.8. The van der Waals surface area contributed by atoms with E-state index in [1.807, 2.05) is 11.0 Å². The number of unbranched alkanes of at least 4 members (excludes halogenated alkanes) is 2. The lowest BCUT2D eigenvalue weighted by molar-refractivity contribution is -0.118. The Morgan fingerprint density at radius 2 is 1.84 bits per heavy atom. The molecule has 0 radical (unpaired) electrons. The van der Waals surface area contributed by atoms with Crippen LogP contribution in [0.1, 0.15) is 57.4 Å². The predicted molar refractivity (Wildman–Crippen MR) is 99.3 cm³/mol. The highest BCUT2D eigenvalue weighted by atomic mass is 32.2. The predicted octanol–water partition coefficient (Wildman–Crippen LogP) is 3.33. The average Bonchev–Trinajstić information content (AvgIpc) is 3.16. The van der Waals surface area contributed by atoms with E-state index in [4.69, 9.17) is 0 Å². The molecule has 0 spiro atoms. The summed E-state index contributed by atoms with van der Waals surface area (Å²) in [6.07, 6.45) is 7.25. The van der Waals surface area contributed by atoms with Gasteiger partial charge >= 0.3 is 0 Å². The first-order chi connectivity index (χ1) is 12.0. The first-order valence-corrected chi connectivity index (χ1v) is 10.9. The highest BCUT2D eigenvalue weighted by Crippen LogP contribution is 2.31. The second-order valence-corrected chi connectivity index (χ2v) is 8.95. The molecule has 0 aromatic heterocycles. The number of hydrogen-bond donors (Lipinski definition) is 0. The van der Waals surface area contributed by atoms with Crippen molar-refractivity contribution < 1.29 is 13.2 Å². The molecule has 1 aromatic rings. The number of nitrogens with zero attached hydrogens (tertiary/aromatic N) is 2. The van der Waals surface area contributed by atoms with Gasteiger partial charge in [0.05, 0.1) is 4.90 Å². The van der Waals surface area contributed by atoms with E-state index >= 15 is 0 Å². The topological polar surface area (TPSA) is 57.7 Å². The third-order valence-electron chi connectivity index (χ3n) is 5.17. The zero-order valence-electron chi connectivity index (χ0n) is 15.0. The summed E-state index contributed by atoms with van der Waals surface area (Å²) in [5.74, 6) is 0.157. The van der Waals surface area contributed by atoms with Crippen LogP contribution in [0.2, 0.25) is 0 Å². The van der Waals surface area contributed by atoms with Crippen LogP contribution in [0.15, 0.2) is 23.1 Å². The van der Waals surface area contributed by atoms with Gasteiger partial charge in [0, 0.05) is 31.7 Å². The van der Waals surface area contributed by atoms with Crippen molar-refractivity contribution in [1.29, 1.82) is 0 Å². The molecule has 0 atom stereocenters. The van der Waals surface area contributed by atoms with Gasteiger partial charge in [-0.3, -0.25) is 4.79 Å². The number of anilines is 1. The van der Waals surface area contributed by atoms with Gasteiger partial charge in [0.15, 0.2) is 0 Å². The monoisotopic (exact) mass is 364 g/mol. The van der Waals surface area contributed by atoms with Gasteiger partial charge in [-0.25, -0.2) is 8.42 Å². The SMILES string of the molecule is CCCCCC(=O)N1CCCc2cc(S(=O)(=O)N3CCCC3)ccc21. The van der Waals surface area contributed by atoms with Crippen LogP contribution in [0.4, 0.5) is 5.69 Å². The first-order valence-electron chi connectivity index (χ1n) is 9.47. The molecule has 0 N–H and O–H groups in total. The highest BCUT2D eigenvalue weighted by molar-refractivity contribution is 7.89. The summed E-state index contributed by atoms with van der Waals surface area (Å²) < 4.78 is 27.1. The van der Waals surface area contributed by atoms with Crippen LogP contribution in [0.5, 0.6) is 0 Å². The van der Waals surface area contributed by atoms with Crippen molar-refractivity contribution in [1.82, 2.24) is 4.31 Å². The maximum atomic E-state index is 12.8. The molecule has 0 saturated carbocycles. The Kier molecular flexibility index (Phi) is 5.79. The van der Waals surface area contributed by atoms with Gasteiger partial charge in [-0.15, -0.1) is 0 Å². The molecule has 6 heteroatoms. The molecule has 1 saturated heterocycles. The third kappa shape index (κ3) is 3.90. The first kappa shape index (κ1) is 18.4. The van der Waals surface area contributed by atoms with Gasteiger partial charge in [-0.05, 0) is 55.9 Å². The van der Waals surface area contributed by atoms with Crippen LogP contribution < -0.4 is 4.90 Å². The van der Waals surface area contributed by atoms with Crippen molar-refractivity contribution in [2.75, 3.05) is 24.5 Å². The molecule has 2 heterocycles. The molecule has 1 amide bonds. The number of carbonyl (C=O) groups excluding carboxylic acids is 1. The minimum absolute atomic E-state index is 0.157. The molecule has 2 aliphatic heterocycles. The number of fused-ring (bicyclic) bond motifs is 1. The van der Waals surface area contributed by atoms with Crippen LogP contribution in [-0.4, -0.2) is 38.3 Å². The Labute approximate surface area is 151 Å². The van der Waals surface area contributed by atoms with Gasteiger partial charge in [-0.1, -0.05) is 19.8 Å². The molecule has 25 heavy (non-hydrogen) atoms. The molecule has 2 aliphatic rings. The smallest absolute Gasteiger partial charge is 0.243 e. The van der Waals surface area contributed by atoms with Crippen molar-refractivity contribution in [2.45, 2.75) is 63.2 Å². The van der Waals surface area contributed by atoms with Gasteiger partial charge in [0.2, 0.25) is 15.9 Å². The Morgan fingerprint density at radius 3 is 2.56 bits per heavy atom. The molecule has 0 aliphatic carbocycles. The van der Waals surface area contributed by atoms with Crippen LogP contribution in [0.3, 0.4) is 0 Å². The molecule has 3 rings (SSSR count). The highest BCUT2D eigenvalue weighted by Gasteiger charge is 2.29. The second kappa shape index (κ2) is 7.87. The van der Waals surface area contributed by atoms with Crippen molar-refractivity contribution in [2.24, 2.45) is 0 Å². The van der Waals surface area contributed by atoms with E-state index in [9.17, 15) is 13.2 Å². The average molecular weight is 365 g/mol. The number of rotatable bonds is 6. The number of aryl methyl sites for hydroxylation is 1. The van der Waals surface area contributed by atoms with E-state index in [1.165, 1.54) is 0 Å². The Bertz CT molecular complexity index is 724. The molecule has 138 valence electrons. The molecule has 5 nitrogen and oxygen atoms in total. The molecular formula is C19H28N2O3S. The van der Waals surface area contributed by atoms with E-state index in [-0.39, 0.29) is 5.91 Å². The lowest BCUT2D eigenvalue weighted by atomic mass is 10.0. The fraction of sp³-hybridized carbons (Fsp3) is 0.632. The number of sulfonamides is 1.